The molecular formula is C13H24O3. The van der Waals surface area contributed by atoms with Gasteiger partial charge in [0.2, 0.25) is 0 Å². The number of hydrogen-bond acceptors (Lipinski definition) is 3. The molecule has 0 aromatic carbocycles. The Labute approximate surface area is 98.5 Å². The third kappa shape index (κ3) is 5.79. The van der Waals surface area contributed by atoms with Crippen molar-refractivity contribution in [1.82, 2.24) is 0 Å². The number of esters is 1. The van der Waals surface area contributed by atoms with Crippen LogP contribution < -0.4 is 0 Å². The average molecular weight is 228 g/mol. The summed E-state index contributed by atoms with van der Waals surface area (Å²) in [5.74, 6) is -0.539. The molecule has 3 nitrogen and oxygen atoms in total. The first-order chi connectivity index (χ1) is 6.93. The van der Waals surface area contributed by atoms with E-state index >= 15 is 0 Å². The van der Waals surface area contributed by atoms with Crippen molar-refractivity contribution >= 4 is 5.97 Å². The fourth-order valence-corrected chi connectivity index (χ4v) is 1.47. The van der Waals surface area contributed by atoms with Gasteiger partial charge in [0, 0.05) is 5.92 Å². The first kappa shape index (κ1) is 15.0. The Morgan fingerprint density at radius 1 is 1.25 bits per heavy atom. The first-order valence-electron chi connectivity index (χ1n) is 5.53. The monoisotopic (exact) mass is 228 g/mol. The van der Waals surface area contributed by atoms with Crippen LogP contribution in [0.4, 0.5) is 0 Å². The van der Waals surface area contributed by atoms with Crippen LogP contribution in [0.5, 0.6) is 0 Å². The van der Waals surface area contributed by atoms with E-state index in [4.69, 9.17) is 4.74 Å². The number of aliphatic hydroxyl groups excluding tert-OH is 1. The normalized spacial score (nSPS) is 14.4. The number of ether oxygens (including phenoxy) is 1. The molecule has 0 bridgehead atoms. The van der Waals surface area contributed by atoms with Crippen LogP contribution in [0.25, 0.3) is 0 Å². The van der Waals surface area contributed by atoms with E-state index in [1.54, 1.807) is 0 Å². The van der Waals surface area contributed by atoms with Crippen molar-refractivity contribution in [3.05, 3.63) is 12.3 Å². The van der Waals surface area contributed by atoms with Crippen molar-refractivity contribution in [2.24, 2.45) is 11.3 Å². The molecule has 0 fully saturated rings. The van der Waals surface area contributed by atoms with E-state index in [2.05, 4.69) is 6.58 Å². The van der Waals surface area contributed by atoms with E-state index < -0.39 is 5.60 Å². The van der Waals surface area contributed by atoms with E-state index in [9.17, 15) is 9.90 Å². The smallest absolute Gasteiger partial charge is 0.307 e. The highest BCUT2D eigenvalue weighted by Gasteiger charge is 2.31. The topological polar surface area (TPSA) is 46.5 Å². The highest BCUT2D eigenvalue weighted by Crippen LogP contribution is 2.33. The minimum atomic E-state index is -0.490. The lowest BCUT2D eigenvalue weighted by Gasteiger charge is -2.30. The van der Waals surface area contributed by atoms with Crippen molar-refractivity contribution in [2.45, 2.75) is 53.6 Å². The minimum absolute atomic E-state index is 0.0401. The predicted octanol–water partition coefficient (Wildman–Crippen LogP) is 3.45. The molecule has 0 spiro atoms. The summed E-state index contributed by atoms with van der Waals surface area (Å²) >= 11 is 0. The van der Waals surface area contributed by atoms with Crippen LogP contribution in [0.3, 0.4) is 0 Å². The maximum absolute atomic E-state index is 11.6. The molecule has 0 saturated carbocycles. The van der Waals surface area contributed by atoms with E-state index in [1.807, 2.05) is 41.5 Å². The number of rotatable bonds is 3. The zero-order valence-electron chi connectivity index (χ0n) is 11.3. The highest BCUT2D eigenvalue weighted by atomic mass is 16.6. The van der Waals surface area contributed by atoms with E-state index in [0.29, 0.717) is 0 Å². The summed E-state index contributed by atoms with van der Waals surface area (Å²) in [6.45, 7) is 14.9. The van der Waals surface area contributed by atoms with Crippen LogP contribution in [0.2, 0.25) is 0 Å². The molecule has 3 heteroatoms. The van der Waals surface area contributed by atoms with Gasteiger partial charge in [-0.1, -0.05) is 27.4 Å². The molecule has 0 unspecified atom stereocenters. The summed E-state index contributed by atoms with van der Waals surface area (Å²) in [5.41, 5.74) is -0.695. The Morgan fingerprint density at radius 3 is 1.94 bits per heavy atom. The molecular weight excluding hydrogens is 204 g/mol. The van der Waals surface area contributed by atoms with Crippen LogP contribution >= 0.6 is 0 Å². The van der Waals surface area contributed by atoms with Crippen molar-refractivity contribution in [3.63, 3.8) is 0 Å². The van der Waals surface area contributed by atoms with E-state index in [1.165, 1.54) is 0 Å². The Morgan fingerprint density at radius 2 is 1.69 bits per heavy atom. The zero-order chi connectivity index (χ0) is 13.1. The molecule has 94 valence electrons. The van der Waals surface area contributed by atoms with Gasteiger partial charge >= 0.3 is 5.97 Å². The number of hydrogen-bond donors (Lipinski definition) is 1. The van der Waals surface area contributed by atoms with Gasteiger partial charge in [0.1, 0.15) is 5.60 Å². The Hall–Kier alpha value is -0.990. The second kappa shape index (κ2) is 4.89. The van der Waals surface area contributed by atoms with Crippen LogP contribution in [0.15, 0.2) is 12.3 Å². The summed E-state index contributed by atoms with van der Waals surface area (Å²) < 4.78 is 5.22. The van der Waals surface area contributed by atoms with Gasteiger partial charge in [0.25, 0.3) is 0 Å². The summed E-state index contributed by atoms with van der Waals surface area (Å²) in [5, 5.41) is 9.49. The molecule has 0 aromatic rings. The molecule has 1 N–H and O–H groups in total. The molecule has 0 saturated heterocycles. The summed E-state index contributed by atoms with van der Waals surface area (Å²) in [4.78, 5) is 11.6. The quantitative estimate of drug-likeness (QED) is 0.594. The average Bonchev–Trinajstić information content (AvgIpc) is 1.93. The second-order valence-corrected chi connectivity index (χ2v) is 6.20. The first-order valence-corrected chi connectivity index (χ1v) is 5.53. The fourth-order valence-electron chi connectivity index (χ4n) is 1.47. The molecule has 0 aromatic heterocycles. The fraction of sp³-hybridized carbons (Fsp3) is 0.769. The van der Waals surface area contributed by atoms with Gasteiger partial charge in [-0.2, -0.15) is 0 Å². The summed E-state index contributed by atoms with van der Waals surface area (Å²) in [6.07, 6.45) is 0.163. The molecule has 1 atom stereocenters. The predicted molar refractivity (Wildman–Crippen MR) is 65.2 cm³/mol. The number of carbonyl (C=O) groups excluding carboxylic acids is 1. The molecule has 0 aliphatic carbocycles. The molecule has 0 aliphatic heterocycles. The van der Waals surface area contributed by atoms with Gasteiger partial charge in [-0.25, -0.2) is 0 Å². The largest absolute Gasteiger partial charge is 0.513 e. The minimum Gasteiger partial charge on any atom is -0.513 e. The molecule has 0 heterocycles. The van der Waals surface area contributed by atoms with Crippen LogP contribution in [0, 0.1) is 11.3 Å². The third-order valence-electron chi connectivity index (χ3n) is 2.24. The summed E-state index contributed by atoms with van der Waals surface area (Å²) in [6, 6.07) is 0. The highest BCUT2D eigenvalue weighted by molar-refractivity contribution is 5.70. The third-order valence-corrected chi connectivity index (χ3v) is 2.24. The molecule has 16 heavy (non-hydrogen) atoms. The Kier molecular flexibility index (Phi) is 4.59. The molecule has 0 aliphatic rings. The van der Waals surface area contributed by atoms with Gasteiger partial charge in [0.05, 0.1) is 12.2 Å². The lowest BCUT2D eigenvalue weighted by atomic mass is 9.78. The standard InChI is InChI=1S/C13H24O3/c1-9(14)10(12(2,3)4)8-11(15)16-13(5,6)7/h10,14H,1,8H2,2-7H3/t10-/m0/s1. The van der Waals surface area contributed by atoms with Crippen LogP contribution in [0.1, 0.15) is 48.0 Å². The summed E-state index contributed by atoms with van der Waals surface area (Å²) in [7, 11) is 0. The Bertz CT molecular complexity index is 266. The number of carbonyl (C=O) groups is 1. The molecule has 0 radical (unpaired) electrons. The van der Waals surface area contributed by atoms with Crippen molar-refractivity contribution < 1.29 is 14.6 Å². The van der Waals surface area contributed by atoms with Gasteiger partial charge in [-0.3, -0.25) is 4.79 Å². The van der Waals surface area contributed by atoms with Crippen molar-refractivity contribution in [3.8, 4) is 0 Å². The van der Waals surface area contributed by atoms with Gasteiger partial charge in [0.15, 0.2) is 0 Å². The van der Waals surface area contributed by atoms with Gasteiger partial charge in [-0.15, -0.1) is 0 Å². The van der Waals surface area contributed by atoms with Crippen LogP contribution in [-0.2, 0) is 9.53 Å². The van der Waals surface area contributed by atoms with Gasteiger partial charge in [-0.05, 0) is 26.2 Å². The van der Waals surface area contributed by atoms with E-state index in [-0.39, 0.29) is 29.5 Å². The number of aliphatic hydroxyl groups is 1. The lowest BCUT2D eigenvalue weighted by molar-refractivity contribution is -0.156. The van der Waals surface area contributed by atoms with Crippen molar-refractivity contribution in [1.29, 1.82) is 0 Å². The maximum Gasteiger partial charge on any atom is 0.307 e. The number of allylic oxidation sites excluding steroid dienone is 1. The van der Waals surface area contributed by atoms with Gasteiger partial charge < -0.3 is 9.84 Å². The lowest BCUT2D eigenvalue weighted by Crippen LogP contribution is -2.30. The molecule has 0 rings (SSSR count). The Balaban J connectivity index is 4.56. The zero-order valence-corrected chi connectivity index (χ0v) is 11.3. The van der Waals surface area contributed by atoms with Crippen molar-refractivity contribution in [2.75, 3.05) is 0 Å². The van der Waals surface area contributed by atoms with E-state index in [0.717, 1.165) is 0 Å². The SMILES string of the molecule is C=C(O)[C@H](CC(=O)OC(C)(C)C)C(C)(C)C. The maximum atomic E-state index is 11.6. The second-order valence-electron chi connectivity index (χ2n) is 6.20. The molecule has 0 amide bonds. The van der Waals surface area contributed by atoms with Crippen LogP contribution in [-0.4, -0.2) is 16.7 Å².